The molecular weight excluding hydrogens is 262 g/mol. The summed E-state index contributed by atoms with van der Waals surface area (Å²) in [6.07, 6.45) is 0. The monoisotopic (exact) mass is 275 g/mol. The van der Waals surface area contributed by atoms with E-state index in [2.05, 4.69) is 5.32 Å². The molecular formula is C15H14ClNO2. The van der Waals surface area contributed by atoms with Crippen molar-refractivity contribution in [3.05, 3.63) is 58.1 Å². The van der Waals surface area contributed by atoms with Crippen molar-refractivity contribution in [2.75, 3.05) is 5.32 Å². The van der Waals surface area contributed by atoms with Crippen LogP contribution in [0.25, 0.3) is 0 Å². The van der Waals surface area contributed by atoms with E-state index < -0.39 is 5.97 Å². The van der Waals surface area contributed by atoms with Crippen LogP contribution >= 0.6 is 11.6 Å². The summed E-state index contributed by atoms with van der Waals surface area (Å²) in [5.74, 6) is -1.00. The lowest BCUT2D eigenvalue weighted by Crippen LogP contribution is -2.03. The van der Waals surface area contributed by atoms with Crippen molar-refractivity contribution in [2.24, 2.45) is 0 Å². The van der Waals surface area contributed by atoms with Gasteiger partial charge < -0.3 is 10.4 Å². The molecule has 0 amide bonds. The van der Waals surface area contributed by atoms with Crippen molar-refractivity contribution in [1.29, 1.82) is 0 Å². The van der Waals surface area contributed by atoms with Gasteiger partial charge in [0, 0.05) is 10.7 Å². The van der Waals surface area contributed by atoms with E-state index in [4.69, 9.17) is 11.6 Å². The second-order valence-corrected chi connectivity index (χ2v) is 4.87. The molecule has 0 aliphatic carbocycles. The number of benzene rings is 2. The van der Waals surface area contributed by atoms with E-state index >= 15 is 0 Å². The molecule has 0 atom stereocenters. The summed E-state index contributed by atoms with van der Waals surface area (Å²) < 4.78 is 0. The Balaban J connectivity index is 2.43. The molecule has 0 heterocycles. The second kappa shape index (κ2) is 5.33. The zero-order valence-electron chi connectivity index (χ0n) is 10.7. The van der Waals surface area contributed by atoms with Crippen LogP contribution in [0, 0.1) is 13.8 Å². The van der Waals surface area contributed by atoms with Crippen LogP contribution in [0.4, 0.5) is 11.4 Å². The van der Waals surface area contributed by atoms with Crippen LogP contribution < -0.4 is 5.32 Å². The van der Waals surface area contributed by atoms with Gasteiger partial charge in [-0.25, -0.2) is 4.79 Å². The molecule has 0 fully saturated rings. The third kappa shape index (κ3) is 3.06. The number of carboxylic acids is 1. The number of hydrogen-bond donors (Lipinski definition) is 2. The molecule has 19 heavy (non-hydrogen) atoms. The molecule has 0 spiro atoms. The Morgan fingerprint density at radius 3 is 2.53 bits per heavy atom. The lowest BCUT2D eigenvalue weighted by molar-refractivity contribution is 0.0698. The number of aryl methyl sites for hydroxylation is 2. The summed E-state index contributed by atoms with van der Waals surface area (Å²) in [4.78, 5) is 11.2. The Labute approximate surface area is 116 Å². The highest BCUT2D eigenvalue weighted by Gasteiger charge is 2.11. The van der Waals surface area contributed by atoms with Crippen LogP contribution in [0.3, 0.4) is 0 Å². The first-order chi connectivity index (χ1) is 8.97. The lowest BCUT2D eigenvalue weighted by atomic mass is 10.1. The second-order valence-electron chi connectivity index (χ2n) is 4.44. The Hall–Kier alpha value is -2.00. The Morgan fingerprint density at radius 2 is 1.84 bits per heavy atom. The van der Waals surface area contributed by atoms with Crippen molar-refractivity contribution in [1.82, 2.24) is 0 Å². The summed E-state index contributed by atoms with van der Waals surface area (Å²) in [6.45, 7) is 3.96. The molecule has 3 nitrogen and oxygen atoms in total. The van der Waals surface area contributed by atoms with Crippen molar-refractivity contribution >= 4 is 28.9 Å². The normalized spacial score (nSPS) is 10.3. The molecule has 2 rings (SSSR count). The number of rotatable bonds is 3. The summed E-state index contributed by atoms with van der Waals surface area (Å²) in [6, 6.07) is 10.8. The average molecular weight is 276 g/mol. The van der Waals surface area contributed by atoms with E-state index in [1.165, 1.54) is 6.07 Å². The van der Waals surface area contributed by atoms with Gasteiger partial charge in [0.05, 0.1) is 11.3 Å². The summed E-state index contributed by atoms with van der Waals surface area (Å²) in [5.41, 5.74) is 3.75. The highest BCUT2D eigenvalue weighted by Crippen LogP contribution is 2.26. The molecule has 2 N–H and O–H groups in total. The molecule has 0 saturated carbocycles. The van der Waals surface area contributed by atoms with Gasteiger partial charge >= 0.3 is 5.97 Å². The zero-order valence-corrected chi connectivity index (χ0v) is 11.5. The standard InChI is InChI=1S/C15H14ClNO2/c1-9-3-4-10(2)14(7-9)17-13-6-5-11(16)8-12(13)15(18)19/h3-8,17H,1-2H3,(H,18,19). The van der Waals surface area contributed by atoms with Gasteiger partial charge in [-0.05, 0) is 49.2 Å². The number of nitrogens with one attached hydrogen (secondary N) is 1. The van der Waals surface area contributed by atoms with Gasteiger partial charge in [-0.15, -0.1) is 0 Å². The van der Waals surface area contributed by atoms with Crippen LogP contribution in [0.15, 0.2) is 36.4 Å². The predicted octanol–water partition coefficient (Wildman–Crippen LogP) is 4.40. The molecule has 0 aliphatic rings. The minimum absolute atomic E-state index is 0.161. The number of hydrogen-bond acceptors (Lipinski definition) is 2. The first kappa shape index (κ1) is 13.4. The van der Waals surface area contributed by atoms with Crippen LogP contribution in [-0.4, -0.2) is 11.1 Å². The molecule has 4 heteroatoms. The van der Waals surface area contributed by atoms with Crippen molar-refractivity contribution in [3.63, 3.8) is 0 Å². The van der Waals surface area contributed by atoms with Crippen LogP contribution in [-0.2, 0) is 0 Å². The number of carbonyl (C=O) groups is 1. The topological polar surface area (TPSA) is 49.3 Å². The molecule has 0 aliphatic heterocycles. The fourth-order valence-corrected chi connectivity index (χ4v) is 1.99. The van der Waals surface area contributed by atoms with E-state index in [-0.39, 0.29) is 5.56 Å². The van der Waals surface area contributed by atoms with Crippen molar-refractivity contribution in [3.8, 4) is 0 Å². The Bertz CT molecular complexity index is 638. The van der Waals surface area contributed by atoms with Gasteiger partial charge in [0.2, 0.25) is 0 Å². The lowest BCUT2D eigenvalue weighted by Gasteiger charge is -2.13. The largest absolute Gasteiger partial charge is 0.478 e. The molecule has 0 saturated heterocycles. The zero-order chi connectivity index (χ0) is 14.0. The van der Waals surface area contributed by atoms with Gasteiger partial charge in [0.1, 0.15) is 0 Å². The maximum atomic E-state index is 11.2. The Kier molecular flexibility index (Phi) is 3.76. The smallest absolute Gasteiger partial charge is 0.337 e. The Morgan fingerprint density at radius 1 is 1.11 bits per heavy atom. The SMILES string of the molecule is Cc1ccc(C)c(Nc2ccc(Cl)cc2C(=O)O)c1. The summed E-state index contributed by atoms with van der Waals surface area (Å²) in [5, 5.41) is 12.8. The van der Waals surface area contributed by atoms with E-state index in [1.54, 1.807) is 12.1 Å². The third-order valence-electron chi connectivity index (χ3n) is 2.87. The summed E-state index contributed by atoms with van der Waals surface area (Å²) in [7, 11) is 0. The van der Waals surface area contributed by atoms with E-state index in [9.17, 15) is 9.90 Å². The number of halogens is 1. The minimum Gasteiger partial charge on any atom is -0.478 e. The molecule has 0 aromatic heterocycles. The van der Waals surface area contributed by atoms with E-state index in [0.717, 1.165) is 16.8 Å². The maximum Gasteiger partial charge on any atom is 0.337 e. The van der Waals surface area contributed by atoms with Crippen LogP contribution in [0.5, 0.6) is 0 Å². The first-order valence-electron chi connectivity index (χ1n) is 5.84. The molecule has 2 aromatic carbocycles. The van der Waals surface area contributed by atoms with Gasteiger partial charge in [-0.2, -0.15) is 0 Å². The number of anilines is 2. The molecule has 0 radical (unpaired) electrons. The van der Waals surface area contributed by atoms with Gasteiger partial charge in [0.25, 0.3) is 0 Å². The van der Waals surface area contributed by atoms with E-state index in [0.29, 0.717) is 10.7 Å². The highest BCUT2D eigenvalue weighted by molar-refractivity contribution is 6.31. The highest BCUT2D eigenvalue weighted by atomic mass is 35.5. The van der Waals surface area contributed by atoms with Crippen molar-refractivity contribution in [2.45, 2.75) is 13.8 Å². The van der Waals surface area contributed by atoms with Crippen LogP contribution in [0.2, 0.25) is 5.02 Å². The quantitative estimate of drug-likeness (QED) is 0.873. The van der Waals surface area contributed by atoms with Gasteiger partial charge in [0.15, 0.2) is 0 Å². The van der Waals surface area contributed by atoms with E-state index in [1.807, 2.05) is 32.0 Å². The molecule has 0 bridgehead atoms. The minimum atomic E-state index is -1.00. The number of carboxylic acid groups (broad SMARTS) is 1. The summed E-state index contributed by atoms with van der Waals surface area (Å²) >= 11 is 5.83. The molecule has 0 unspecified atom stereocenters. The fraction of sp³-hybridized carbons (Fsp3) is 0.133. The fourth-order valence-electron chi connectivity index (χ4n) is 1.82. The number of aromatic carboxylic acids is 1. The third-order valence-corrected chi connectivity index (χ3v) is 3.11. The first-order valence-corrected chi connectivity index (χ1v) is 6.22. The molecule has 98 valence electrons. The maximum absolute atomic E-state index is 11.2. The van der Waals surface area contributed by atoms with Gasteiger partial charge in [-0.3, -0.25) is 0 Å². The average Bonchev–Trinajstić information content (AvgIpc) is 2.35. The predicted molar refractivity (Wildman–Crippen MR) is 77.6 cm³/mol. The molecule has 2 aromatic rings. The van der Waals surface area contributed by atoms with Crippen LogP contribution in [0.1, 0.15) is 21.5 Å². The van der Waals surface area contributed by atoms with Gasteiger partial charge in [-0.1, -0.05) is 23.7 Å². The van der Waals surface area contributed by atoms with Crippen molar-refractivity contribution < 1.29 is 9.90 Å².